The van der Waals surface area contributed by atoms with Crippen molar-refractivity contribution >= 4 is 5.91 Å². The van der Waals surface area contributed by atoms with E-state index in [2.05, 4.69) is 9.97 Å². The van der Waals surface area contributed by atoms with E-state index in [4.69, 9.17) is 14.2 Å². The van der Waals surface area contributed by atoms with Crippen LogP contribution in [0.15, 0.2) is 24.4 Å². The fourth-order valence-corrected chi connectivity index (χ4v) is 2.58. The third kappa shape index (κ3) is 3.35. The molecule has 2 heterocycles. The van der Waals surface area contributed by atoms with E-state index in [-0.39, 0.29) is 25.3 Å². The second kappa shape index (κ2) is 6.92. The maximum atomic E-state index is 12.1. The average Bonchev–Trinajstić information content (AvgIpc) is 3.20. The second-order valence-electron chi connectivity index (χ2n) is 5.86. The number of amides is 1. The average molecular weight is 331 g/mol. The number of nitrogens with zero attached hydrogens (tertiary/aromatic N) is 2. The topological polar surface area (TPSA) is 76.7 Å². The van der Waals surface area contributed by atoms with Crippen LogP contribution in [-0.2, 0) is 16.1 Å². The Morgan fingerprint density at radius 2 is 2.17 bits per heavy atom. The van der Waals surface area contributed by atoms with Gasteiger partial charge in [-0.2, -0.15) is 0 Å². The van der Waals surface area contributed by atoms with E-state index in [1.54, 1.807) is 11.1 Å². The molecule has 1 aromatic heterocycles. The molecule has 1 aromatic carbocycles. The van der Waals surface area contributed by atoms with Gasteiger partial charge < -0.3 is 24.1 Å². The highest BCUT2D eigenvalue weighted by Crippen LogP contribution is 2.35. The number of imidazole rings is 1. The highest BCUT2D eigenvalue weighted by molar-refractivity contribution is 5.77. The molecule has 0 aliphatic carbocycles. The molecule has 0 spiro atoms. The van der Waals surface area contributed by atoms with Gasteiger partial charge in [0.15, 0.2) is 11.5 Å². The summed E-state index contributed by atoms with van der Waals surface area (Å²) in [5.74, 6) is 2.13. The Morgan fingerprint density at radius 1 is 1.38 bits per heavy atom. The summed E-state index contributed by atoms with van der Waals surface area (Å²) in [6.45, 7) is 4.65. The number of fused-ring (bicyclic) bond motifs is 1. The zero-order valence-electron chi connectivity index (χ0n) is 14.0. The SMILES string of the molecule is COCC(=O)N(Cc1ncc(-c2ccc3c(c2)OCO3)[nH]1)C(C)C. The zero-order valence-corrected chi connectivity index (χ0v) is 14.0. The Bertz CT molecular complexity index is 726. The Morgan fingerprint density at radius 3 is 2.92 bits per heavy atom. The van der Waals surface area contributed by atoms with Gasteiger partial charge in [-0.3, -0.25) is 4.79 Å². The smallest absolute Gasteiger partial charge is 0.249 e. The van der Waals surface area contributed by atoms with Gasteiger partial charge in [0.25, 0.3) is 0 Å². The number of nitrogens with one attached hydrogen (secondary N) is 1. The quantitative estimate of drug-likeness (QED) is 0.878. The van der Waals surface area contributed by atoms with Crippen LogP contribution in [0.3, 0.4) is 0 Å². The molecule has 24 heavy (non-hydrogen) atoms. The molecule has 0 unspecified atom stereocenters. The lowest BCUT2D eigenvalue weighted by molar-refractivity contribution is -0.137. The zero-order chi connectivity index (χ0) is 17.1. The summed E-state index contributed by atoms with van der Waals surface area (Å²) >= 11 is 0. The molecule has 0 radical (unpaired) electrons. The van der Waals surface area contributed by atoms with Crippen LogP contribution in [-0.4, -0.2) is 47.3 Å². The molecule has 3 rings (SSSR count). The van der Waals surface area contributed by atoms with Crippen molar-refractivity contribution in [2.24, 2.45) is 0 Å². The van der Waals surface area contributed by atoms with Crippen LogP contribution >= 0.6 is 0 Å². The molecule has 1 aliphatic heterocycles. The molecular formula is C17H21N3O4. The van der Waals surface area contributed by atoms with E-state index < -0.39 is 0 Å². The number of H-pyrrole nitrogens is 1. The standard InChI is InChI=1S/C17H21N3O4/c1-11(2)20(17(21)9-22-3)8-16-18-7-13(19-16)12-4-5-14-15(6-12)24-10-23-14/h4-7,11H,8-10H2,1-3H3,(H,18,19). The van der Waals surface area contributed by atoms with Crippen LogP contribution < -0.4 is 9.47 Å². The number of ether oxygens (including phenoxy) is 3. The van der Waals surface area contributed by atoms with Crippen LogP contribution in [0.1, 0.15) is 19.7 Å². The lowest BCUT2D eigenvalue weighted by Gasteiger charge is -2.25. The van der Waals surface area contributed by atoms with Gasteiger partial charge in [0.05, 0.1) is 18.4 Å². The van der Waals surface area contributed by atoms with Crippen molar-refractivity contribution in [3.05, 3.63) is 30.2 Å². The van der Waals surface area contributed by atoms with Crippen LogP contribution in [0.2, 0.25) is 0 Å². The summed E-state index contributed by atoms with van der Waals surface area (Å²) in [6.07, 6.45) is 1.76. The molecule has 7 nitrogen and oxygen atoms in total. The first-order valence-electron chi connectivity index (χ1n) is 7.81. The Kier molecular flexibility index (Phi) is 4.71. The van der Waals surface area contributed by atoms with E-state index in [1.165, 1.54) is 7.11 Å². The third-order valence-corrected chi connectivity index (χ3v) is 3.84. The molecule has 1 amide bonds. The number of methoxy groups -OCH3 is 1. The molecule has 0 atom stereocenters. The Labute approximate surface area is 140 Å². The van der Waals surface area contributed by atoms with E-state index >= 15 is 0 Å². The van der Waals surface area contributed by atoms with Crippen molar-refractivity contribution in [1.29, 1.82) is 0 Å². The van der Waals surface area contributed by atoms with E-state index in [0.717, 1.165) is 28.6 Å². The van der Waals surface area contributed by atoms with Gasteiger partial charge in [0.1, 0.15) is 12.4 Å². The Balaban J connectivity index is 1.76. The number of hydrogen-bond acceptors (Lipinski definition) is 5. The van der Waals surface area contributed by atoms with Crippen molar-refractivity contribution in [2.75, 3.05) is 20.5 Å². The predicted molar refractivity (Wildman–Crippen MR) is 87.7 cm³/mol. The monoisotopic (exact) mass is 331 g/mol. The minimum Gasteiger partial charge on any atom is -0.454 e. The first-order valence-corrected chi connectivity index (χ1v) is 7.81. The van der Waals surface area contributed by atoms with Gasteiger partial charge in [0, 0.05) is 18.7 Å². The molecule has 0 saturated heterocycles. The van der Waals surface area contributed by atoms with Crippen molar-refractivity contribution < 1.29 is 19.0 Å². The van der Waals surface area contributed by atoms with Gasteiger partial charge >= 0.3 is 0 Å². The summed E-state index contributed by atoms with van der Waals surface area (Å²) < 4.78 is 15.7. The van der Waals surface area contributed by atoms with Crippen LogP contribution in [0, 0.1) is 0 Å². The van der Waals surface area contributed by atoms with Gasteiger partial charge in [-0.1, -0.05) is 0 Å². The normalized spacial score (nSPS) is 12.7. The fraction of sp³-hybridized carbons (Fsp3) is 0.412. The van der Waals surface area contributed by atoms with Crippen molar-refractivity contribution in [2.45, 2.75) is 26.4 Å². The molecule has 1 N–H and O–H groups in total. The molecule has 1 aliphatic rings. The molecule has 0 saturated carbocycles. The summed E-state index contributed by atoms with van der Waals surface area (Å²) in [4.78, 5) is 21.5. The summed E-state index contributed by atoms with van der Waals surface area (Å²) in [7, 11) is 1.51. The van der Waals surface area contributed by atoms with Crippen LogP contribution in [0.25, 0.3) is 11.3 Å². The molecule has 2 aromatic rings. The largest absolute Gasteiger partial charge is 0.454 e. The van der Waals surface area contributed by atoms with E-state index in [9.17, 15) is 4.79 Å². The van der Waals surface area contributed by atoms with Crippen molar-refractivity contribution in [1.82, 2.24) is 14.9 Å². The van der Waals surface area contributed by atoms with E-state index in [0.29, 0.717) is 6.54 Å². The predicted octanol–water partition coefficient (Wildman–Crippen LogP) is 2.19. The number of carbonyl (C=O) groups excluding carboxylic acids is 1. The minimum atomic E-state index is -0.0615. The number of carbonyl (C=O) groups is 1. The van der Waals surface area contributed by atoms with Crippen molar-refractivity contribution in [3.8, 4) is 22.8 Å². The number of aromatic nitrogens is 2. The summed E-state index contributed by atoms with van der Waals surface area (Å²) in [5.41, 5.74) is 1.82. The number of hydrogen-bond donors (Lipinski definition) is 1. The number of rotatable bonds is 6. The highest BCUT2D eigenvalue weighted by atomic mass is 16.7. The van der Waals surface area contributed by atoms with Crippen LogP contribution in [0.4, 0.5) is 0 Å². The molecule has 128 valence electrons. The van der Waals surface area contributed by atoms with Crippen molar-refractivity contribution in [3.63, 3.8) is 0 Å². The van der Waals surface area contributed by atoms with Gasteiger partial charge in [0.2, 0.25) is 12.7 Å². The molecule has 7 heteroatoms. The van der Waals surface area contributed by atoms with Crippen LogP contribution in [0.5, 0.6) is 11.5 Å². The number of aromatic amines is 1. The highest BCUT2D eigenvalue weighted by Gasteiger charge is 2.19. The summed E-state index contributed by atoms with van der Waals surface area (Å²) in [6, 6.07) is 5.80. The fourth-order valence-electron chi connectivity index (χ4n) is 2.58. The minimum absolute atomic E-state index is 0.0615. The Hall–Kier alpha value is -2.54. The van der Waals surface area contributed by atoms with E-state index in [1.807, 2.05) is 32.0 Å². The summed E-state index contributed by atoms with van der Waals surface area (Å²) in [5, 5.41) is 0. The molecule has 0 fully saturated rings. The van der Waals surface area contributed by atoms with Gasteiger partial charge in [-0.25, -0.2) is 4.98 Å². The lowest BCUT2D eigenvalue weighted by atomic mass is 10.1. The second-order valence-corrected chi connectivity index (χ2v) is 5.86. The first-order chi connectivity index (χ1) is 11.6. The number of benzene rings is 1. The first kappa shape index (κ1) is 16.3. The molecular weight excluding hydrogens is 310 g/mol. The maximum Gasteiger partial charge on any atom is 0.249 e. The molecule has 0 bridgehead atoms. The van der Waals surface area contributed by atoms with Gasteiger partial charge in [-0.05, 0) is 32.0 Å². The van der Waals surface area contributed by atoms with Gasteiger partial charge in [-0.15, -0.1) is 0 Å². The third-order valence-electron chi connectivity index (χ3n) is 3.84. The lowest BCUT2D eigenvalue weighted by Crippen LogP contribution is -2.38. The maximum absolute atomic E-state index is 12.1.